The number of para-hydroxylation sites is 1. The number of nitrogen functional groups attached to an aromatic ring is 1. The van der Waals surface area contributed by atoms with Crippen LogP contribution in [0.2, 0.25) is 0 Å². The summed E-state index contributed by atoms with van der Waals surface area (Å²) < 4.78 is 5.73. The predicted molar refractivity (Wildman–Crippen MR) is 96.0 cm³/mol. The Morgan fingerprint density at radius 2 is 2.12 bits per heavy atom. The first-order valence-corrected chi connectivity index (χ1v) is 8.48. The summed E-state index contributed by atoms with van der Waals surface area (Å²) in [6, 6.07) is 7.98. The van der Waals surface area contributed by atoms with Gasteiger partial charge in [0, 0.05) is 23.2 Å². The molecule has 1 aliphatic heterocycles. The second kappa shape index (κ2) is 6.42. The number of hydrogen-bond acceptors (Lipinski definition) is 6. The molecule has 7 nitrogen and oxygen atoms in total. The summed E-state index contributed by atoms with van der Waals surface area (Å²) in [5, 5.41) is 8.29. The van der Waals surface area contributed by atoms with Crippen molar-refractivity contribution in [3.8, 4) is 0 Å². The molecule has 25 heavy (non-hydrogen) atoms. The molecule has 0 saturated carbocycles. The highest BCUT2D eigenvalue weighted by molar-refractivity contribution is 5.87. The molecule has 0 amide bonds. The van der Waals surface area contributed by atoms with Crippen molar-refractivity contribution in [1.29, 1.82) is 0 Å². The number of ether oxygens (including phenoxy) is 1. The molecule has 3 heterocycles. The first kappa shape index (κ1) is 16.0. The van der Waals surface area contributed by atoms with Gasteiger partial charge < -0.3 is 10.5 Å². The van der Waals surface area contributed by atoms with Crippen LogP contribution < -0.4 is 5.73 Å². The molecule has 2 aromatic heterocycles. The van der Waals surface area contributed by atoms with E-state index in [1.165, 1.54) is 5.56 Å². The van der Waals surface area contributed by atoms with Crippen molar-refractivity contribution in [2.45, 2.75) is 26.4 Å². The fourth-order valence-corrected chi connectivity index (χ4v) is 3.55. The van der Waals surface area contributed by atoms with Gasteiger partial charge in [0.05, 0.1) is 37.0 Å². The monoisotopic (exact) mass is 338 g/mol. The third-order valence-corrected chi connectivity index (χ3v) is 4.78. The van der Waals surface area contributed by atoms with Crippen molar-refractivity contribution in [2.24, 2.45) is 0 Å². The molecule has 1 atom stereocenters. The quantitative estimate of drug-likeness (QED) is 0.760. The number of benzene rings is 1. The predicted octanol–water partition coefficient (Wildman–Crippen LogP) is 2.13. The van der Waals surface area contributed by atoms with Gasteiger partial charge in [0.25, 0.3) is 0 Å². The summed E-state index contributed by atoms with van der Waals surface area (Å²) in [5.74, 6) is 1.27. The maximum Gasteiger partial charge on any atom is 0.145 e. The van der Waals surface area contributed by atoms with E-state index in [-0.39, 0.29) is 6.04 Å². The fraction of sp³-hybridized carbons (Fsp3) is 0.389. The van der Waals surface area contributed by atoms with Crippen molar-refractivity contribution < 1.29 is 4.74 Å². The average Bonchev–Trinajstić information content (AvgIpc) is 2.94. The van der Waals surface area contributed by atoms with Gasteiger partial charge >= 0.3 is 0 Å². The second-order valence-electron chi connectivity index (χ2n) is 6.45. The molecule has 130 valence electrons. The van der Waals surface area contributed by atoms with Gasteiger partial charge in [-0.15, -0.1) is 0 Å². The standard InChI is InChI=1S/C18H22N6O/c1-11-17(12(2)23-22-11)15-10-25-8-7-24(15)9-16-20-14-6-4-3-5-13(14)18(19)21-16/h3-6,15H,7-10H2,1-2H3,(H,22,23)(H2,19,20,21). The average molecular weight is 338 g/mol. The smallest absolute Gasteiger partial charge is 0.145 e. The van der Waals surface area contributed by atoms with Crippen molar-refractivity contribution in [1.82, 2.24) is 25.1 Å². The van der Waals surface area contributed by atoms with Crippen LogP contribution in [0.25, 0.3) is 10.9 Å². The molecule has 1 saturated heterocycles. The third kappa shape index (κ3) is 2.96. The lowest BCUT2D eigenvalue weighted by Gasteiger charge is -2.35. The highest BCUT2D eigenvalue weighted by atomic mass is 16.5. The van der Waals surface area contributed by atoms with E-state index >= 15 is 0 Å². The lowest BCUT2D eigenvalue weighted by atomic mass is 10.0. The van der Waals surface area contributed by atoms with Crippen LogP contribution in [0.1, 0.15) is 28.8 Å². The van der Waals surface area contributed by atoms with E-state index < -0.39 is 0 Å². The number of fused-ring (bicyclic) bond motifs is 1. The van der Waals surface area contributed by atoms with Crippen LogP contribution in [-0.2, 0) is 11.3 Å². The minimum absolute atomic E-state index is 0.142. The highest BCUT2D eigenvalue weighted by Gasteiger charge is 2.29. The fourth-order valence-electron chi connectivity index (χ4n) is 3.55. The highest BCUT2D eigenvalue weighted by Crippen LogP contribution is 2.29. The van der Waals surface area contributed by atoms with Gasteiger partial charge in [-0.05, 0) is 26.0 Å². The van der Waals surface area contributed by atoms with Crippen molar-refractivity contribution in [3.63, 3.8) is 0 Å². The van der Waals surface area contributed by atoms with Crippen LogP contribution in [0.5, 0.6) is 0 Å². The Morgan fingerprint density at radius 3 is 2.92 bits per heavy atom. The van der Waals surface area contributed by atoms with Crippen LogP contribution in [0.15, 0.2) is 24.3 Å². The Labute approximate surface area is 146 Å². The van der Waals surface area contributed by atoms with Crippen LogP contribution in [0.4, 0.5) is 5.82 Å². The summed E-state index contributed by atoms with van der Waals surface area (Å²) in [6.45, 7) is 6.88. The van der Waals surface area contributed by atoms with E-state index in [1.807, 2.05) is 38.1 Å². The number of nitrogens with zero attached hydrogens (tertiary/aromatic N) is 4. The number of aromatic amines is 1. The number of aryl methyl sites for hydroxylation is 2. The van der Waals surface area contributed by atoms with E-state index in [2.05, 4.69) is 20.1 Å². The Balaban J connectivity index is 1.66. The number of rotatable bonds is 3. The minimum atomic E-state index is 0.142. The van der Waals surface area contributed by atoms with Crippen LogP contribution in [-0.4, -0.2) is 44.8 Å². The molecule has 0 radical (unpaired) electrons. The lowest BCUT2D eigenvalue weighted by Crippen LogP contribution is -2.39. The summed E-state index contributed by atoms with van der Waals surface area (Å²) in [6.07, 6.45) is 0. The zero-order valence-electron chi connectivity index (χ0n) is 14.5. The maximum absolute atomic E-state index is 6.13. The normalized spacial score (nSPS) is 18.7. The number of nitrogens with two attached hydrogens (primary N) is 1. The summed E-state index contributed by atoms with van der Waals surface area (Å²) in [5.41, 5.74) is 10.3. The van der Waals surface area contributed by atoms with Crippen molar-refractivity contribution in [3.05, 3.63) is 47.0 Å². The summed E-state index contributed by atoms with van der Waals surface area (Å²) in [7, 11) is 0. The molecule has 0 bridgehead atoms. The SMILES string of the molecule is Cc1n[nH]c(C)c1C1COCCN1Cc1nc(N)c2ccccc2n1. The molecule has 1 fully saturated rings. The lowest BCUT2D eigenvalue weighted by molar-refractivity contribution is -0.0142. The number of hydrogen-bond donors (Lipinski definition) is 2. The third-order valence-electron chi connectivity index (χ3n) is 4.78. The van der Waals surface area contributed by atoms with Crippen LogP contribution in [0.3, 0.4) is 0 Å². The van der Waals surface area contributed by atoms with Gasteiger partial charge in [0.15, 0.2) is 0 Å². The molecule has 1 aliphatic rings. The Morgan fingerprint density at radius 1 is 1.28 bits per heavy atom. The number of nitrogens with one attached hydrogen (secondary N) is 1. The largest absolute Gasteiger partial charge is 0.383 e. The van der Waals surface area contributed by atoms with Gasteiger partial charge in [-0.25, -0.2) is 9.97 Å². The van der Waals surface area contributed by atoms with Gasteiger partial charge in [0.2, 0.25) is 0 Å². The molecular weight excluding hydrogens is 316 g/mol. The first-order chi connectivity index (χ1) is 12.1. The molecule has 1 unspecified atom stereocenters. The molecule has 4 rings (SSSR count). The van der Waals surface area contributed by atoms with Crippen molar-refractivity contribution in [2.75, 3.05) is 25.5 Å². The van der Waals surface area contributed by atoms with E-state index in [4.69, 9.17) is 15.5 Å². The van der Waals surface area contributed by atoms with E-state index in [9.17, 15) is 0 Å². The molecule has 7 heteroatoms. The molecule has 0 spiro atoms. The number of anilines is 1. The topological polar surface area (TPSA) is 93.0 Å². The number of aromatic nitrogens is 4. The summed E-state index contributed by atoms with van der Waals surface area (Å²) >= 11 is 0. The van der Waals surface area contributed by atoms with E-state index in [0.717, 1.165) is 34.7 Å². The molecule has 3 N–H and O–H groups in total. The molecule has 3 aromatic rings. The first-order valence-electron chi connectivity index (χ1n) is 8.48. The molecule has 1 aromatic carbocycles. The molecular formula is C18H22N6O. The van der Waals surface area contributed by atoms with Gasteiger partial charge in [0.1, 0.15) is 11.6 Å². The Bertz CT molecular complexity index is 886. The number of H-pyrrole nitrogens is 1. The van der Waals surface area contributed by atoms with Crippen LogP contribution in [0, 0.1) is 13.8 Å². The van der Waals surface area contributed by atoms with Crippen LogP contribution >= 0.6 is 0 Å². The van der Waals surface area contributed by atoms with E-state index in [0.29, 0.717) is 25.6 Å². The molecule has 0 aliphatic carbocycles. The van der Waals surface area contributed by atoms with E-state index in [1.54, 1.807) is 0 Å². The second-order valence-corrected chi connectivity index (χ2v) is 6.45. The van der Waals surface area contributed by atoms with Gasteiger partial charge in [-0.3, -0.25) is 10.00 Å². The minimum Gasteiger partial charge on any atom is -0.383 e. The zero-order valence-corrected chi connectivity index (χ0v) is 14.5. The Kier molecular flexibility index (Phi) is 4.10. The van der Waals surface area contributed by atoms with Crippen molar-refractivity contribution >= 4 is 16.7 Å². The maximum atomic E-state index is 6.13. The van der Waals surface area contributed by atoms with Gasteiger partial charge in [-0.2, -0.15) is 5.10 Å². The number of morpholine rings is 1. The van der Waals surface area contributed by atoms with Gasteiger partial charge in [-0.1, -0.05) is 12.1 Å². The zero-order chi connectivity index (χ0) is 17.4. The Hall–Kier alpha value is -2.51. The summed E-state index contributed by atoms with van der Waals surface area (Å²) in [4.78, 5) is 11.6.